The minimum absolute atomic E-state index is 0.0798. The number of phenols is 1. The topological polar surface area (TPSA) is 94.4 Å². The molecule has 0 spiro atoms. The van der Waals surface area contributed by atoms with Crippen molar-refractivity contribution in [2.24, 2.45) is 0 Å². The Bertz CT molecular complexity index is 1170. The average Bonchev–Trinajstić information content (AvgIpc) is 2.84. The number of esters is 1. The zero-order valence-electron chi connectivity index (χ0n) is 17.6. The summed E-state index contributed by atoms with van der Waals surface area (Å²) in [7, 11) is 1.29. The molecule has 0 saturated carbocycles. The first-order valence-corrected chi connectivity index (χ1v) is 10.00. The molecule has 7 nitrogen and oxygen atoms in total. The predicted octanol–water partition coefficient (Wildman–Crippen LogP) is 4.52. The van der Waals surface area contributed by atoms with Crippen LogP contribution in [0.1, 0.15) is 6.92 Å². The van der Waals surface area contributed by atoms with E-state index in [0.29, 0.717) is 28.8 Å². The molecule has 1 N–H and O–H groups in total. The molecule has 0 radical (unpaired) electrons. The van der Waals surface area contributed by atoms with Crippen molar-refractivity contribution in [3.05, 3.63) is 78.9 Å². The van der Waals surface area contributed by atoms with Gasteiger partial charge in [-0.15, -0.1) is 0 Å². The van der Waals surface area contributed by atoms with Crippen LogP contribution >= 0.6 is 0 Å². The first-order valence-electron chi connectivity index (χ1n) is 10.00. The van der Waals surface area contributed by atoms with Crippen molar-refractivity contribution in [3.63, 3.8) is 0 Å². The number of carbonyl (C=O) groups is 1. The number of carbonyl (C=O) groups excluding carboxylic acids is 1. The van der Waals surface area contributed by atoms with Crippen LogP contribution in [0.2, 0.25) is 0 Å². The standard InChI is InChI=1S/C25H21N3O4/c1-16(25(30)31-2)32-19-13-14-20(21(29)15-19)24-27-22(17-9-5-3-6-10-17)26-23(28-24)18-11-7-4-8-12-18/h3-16,29H,1-2H3. The van der Waals surface area contributed by atoms with Gasteiger partial charge in [0.25, 0.3) is 0 Å². The Morgan fingerprint density at radius 1 is 0.812 bits per heavy atom. The van der Waals surface area contributed by atoms with Crippen molar-refractivity contribution in [3.8, 4) is 45.7 Å². The molecule has 32 heavy (non-hydrogen) atoms. The summed E-state index contributed by atoms with van der Waals surface area (Å²) in [6, 6.07) is 23.8. The number of ether oxygens (including phenoxy) is 2. The number of nitrogens with zero attached hydrogens (tertiary/aromatic N) is 3. The molecule has 0 aliphatic carbocycles. The summed E-state index contributed by atoms with van der Waals surface area (Å²) in [5.41, 5.74) is 2.08. The second-order valence-corrected chi connectivity index (χ2v) is 7.00. The van der Waals surface area contributed by atoms with E-state index >= 15 is 0 Å². The highest BCUT2D eigenvalue weighted by Gasteiger charge is 2.18. The van der Waals surface area contributed by atoms with E-state index < -0.39 is 12.1 Å². The highest BCUT2D eigenvalue weighted by atomic mass is 16.6. The largest absolute Gasteiger partial charge is 0.507 e. The van der Waals surface area contributed by atoms with Gasteiger partial charge in [0.2, 0.25) is 0 Å². The lowest BCUT2D eigenvalue weighted by atomic mass is 10.1. The maximum absolute atomic E-state index is 11.6. The molecular formula is C25H21N3O4. The van der Waals surface area contributed by atoms with E-state index in [4.69, 9.17) is 4.74 Å². The quantitative estimate of drug-likeness (QED) is 0.452. The van der Waals surface area contributed by atoms with Gasteiger partial charge in [-0.1, -0.05) is 60.7 Å². The molecule has 3 aromatic carbocycles. The number of hydrogen-bond acceptors (Lipinski definition) is 7. The van der Waals surface area contributed by atoms with Gasteiger partial charge in [0.15, 0.2) is 23.6 Å². The van der Waals surface area contributed by atoms with Crippen LogP contribution in [0.4, 0.5) is 0 Å². The number of aromatic nitrogens is 3. The molecule has 1 unspecified atom stereocenters. The zero-order valence-corrected chi connectivity index (χ0v) is 17.6. The zero-order chi connectivity index (χ0) is 22.5. The van der Waals surface area contributed by atoms with Crippen LogP contribution < -0.4 is 4.74 Å². The smallest absolute Gasteiger partial charge is 0.346 e. The van der Waals surface area contributed by atoms with Gasteiger partial charge in [0.05, 0.1) is 12.7 Å². The summed E-state index contributed by atoms with van der Waals surface area (Å²) >= 11 is 0. The van der Waals surface area contributed by atoms with E-state index in [1.165, 1.54) is 13.2 Å². The van der Waals surface area contributed by atoms with E-state index in [0.717, 1.165) is 11.1 Å². The molecule has 0 fully saturated rings. The minimum Gasteiger partial charge on any atom is -0.507 e. The second kappa shape index (κ2) is 9.26. The van der Waals surface area contributed by atoms with E-state index in [-0.39, 0.29) is 5.75 Å². The van der Waals surface area contributed by atoms with Crippen molar-refractivity contribution in [1.29, 1.82) is 0 Å². The lowest BCUT2D eigenvalue weighted by Gasteiger charge is -2.14. The van der Waals surface area contributed by atoms with Crippen LogP contribution in [-0.2, 0) is 9.53 Å². The summed E-state index contributed by atoms with van der Waals surface area (Å²) in [5.74, 6) is 1.05. The molecule has 1 atom stereocenters. The van der Waals surface area contributed by atoms with Crippen molar-refractivity contribution < 1.29 is 19.4 Å². The Kier molecular flexibility index (Phi) is 6.07. The third-order valence-corrected chi connectivity index (χ3v) is 4.76. The summed E-state index contributed by atoms with van der Waals surface area (Å²) in [5, 5.41) is 10.7. The normalized spacial score (nSPS) is 11.6. The van der Waals surface area contributed by atoms with Crippen molar-refractivity contribution in [1.82, 2.24) is 15.0 Å². The SMILES string of the molecule is COC(=O)C(C)Oc1ccc(-c2nc(-c3ccccc3)nc(-c3ccccc3)n2)c(O)c1. The third kappa shape index (κ3) is 4.57. The molecular weight excluding hydrogens is 406 g/mol. The fourth-order valence-corrected chi connectivity index (χ4v) is 3.12. The molecule has 0 aliphatic rings. The molecule has 0 amide bonds. The molecule has 0 bridgehead atoms. The first kappa shape index (κ1) is 21.0. The Morgan fingerprint density at radius 2 is 1.34 bits per heavy atom. The first-order chi connectivity index (χ1) is 15.5. The molecule has 1 heterocycles. The number of phenolic OH excluding ortho intramolecular Hbond substituents is 1. The predicted molar refractivity (Wildman–Crippen MR) is 120 cm³/mol. The Labute approximate surface area is 185 Å². The highest BCUT2D eigenvalue weighted by molar-refractivity contribution is 5.75. The van der Waals surface area contributed by atoms with Gasteiger partial charge < -0.3 is 14.6 Å². The van der Waals surface area contributed by atoms with Crippen LogP contribution in [0, 0.1) is 0 Å². The van der Waals surface area contributed by atoms with Crippen LogP contribution in [0.15, 0.2) is 78.9 Å². The van der Waals surface area contributed by atoms with Crippen molar-refractivity contribution in [2.45, 2.75) is 13.0 Å². The summed E-state index contributed by atoms with van der Waals surface area (Å²) in [6.45, 7) is 1.57. The lowest BCUT2D eigenvalue weighted by Crippen LogP contribution is -2.24. The van der Waals surface area contributed by atoms with Crippen LogP contribution in [0.3, 0.4) is 0 Å². The van der Waals surface area contributed by atoms with Gasteiger partial charge in [-0.2, -0.15) is 0 Å². The van der Waals surface area contributed by atoms with Crippen LogP contribution in [0.25, 0.3) is 34.2 Å². The minimum atomic E-state index is -0.809. The summed E-state index contributed by atoms with van der Waals surface area (Å²) < 4.78 is 10.2. The fraction of sp³-hybridized carbons (Fsp3) is 0.120. The molecule has 1 aromatic heterocycles. The average molecular weight is 427 g/mol. The highest BCUT2D eigenvalue weighted by Crippen LogP contribution is 2.33. The molecule has 0 saturated heterocycles. The van der Waals surface area contributed by atoms with Crippen molar-refractivity contribution in [2.75, 3.05) is 7.11 Å². The molecule has 7 heteroatoms. The maximum atomic E-state index is 11.6. The van der Waals surface area contributed by atoms with E-state index in [1.807, 2.05) is 60.7 Å². The molecule has 4 aromatic rings. The Hall–Kier alpha value is -4.26. The van der Waals surface area contributed by atoms with Gasteiger partial charge in [-0.05, 0) is 19.1 Å². The van der Waals surface area contributed by atoms with Gasteiger partial charge in [-0.25, -0.2) is 19.7 Å². The van der Waals surface area contributed by atoms with Gasteiger partial charge in [0.1, 0.15) is 11.5 Å². The second-order valence-electron chi connectivity index (χ2n) is 7.00. The van der Waals surface area contributed by atoms with Gasteiger partial charge >= 0.3 is 5.97 Å². The Morgan fingerprint density at radius 3 is 1.84 bits per heavy atom. The fourth-order valence-electron chi connectivity index (χ4n) is 3.12. The number of methoxy groups -OCH3 is 1. The van der Waals surface area contributed by atoms with E-state index in [9.17, 15) is 9.90 Å². The Balaban J connectivity index is 1.76. The lowest BCUT2D eigenvalue weighted by molar-refractivity contribution is -0.147. The van der Waals surface area contributed by atoms with E-state index in [1.54, 1.807) is 19.1 Å². The van der Waals surface area contributed by atoms with Crippen LogP contribution in [-0.4, -0.2) is 39.2 Å². The molecule has 0 aliphatic heterocycles. The van der Waals surface area contributed by atoms with Crippen molar-refractivity contribution >= 4 is 5.97 Å². The number of aromatic hydroxyl groups is 1. The maximum Gasteiger partial charge on any atom is 0.346 e. The number of hydrogen-bond donors (Lipinski definition) is 1. The van der Waals surface area contributed by atoms with Gasteiger partial charge in [0, 0.05) is 17.2 Å². The number of rotatable bonds is 6. The third-order valence-electron chi connectivity index (χ3n) is 4.76. The summed E-state index contributed by atoms with van der Waals surface area (Å²) in [6.07, 6.45) is -0.809. The molecule has 4 rings (SSSR count). The summed E-state index contributed by atoms with van der Waals surface area (Å²) in [4.78, 5) is 25.4. The monoisotopic (exact) mass is 427 g/mol. The molecule has 160 valence electrons. The van der Waals surface area contributed by atoms with Gasteiger partial charge in [-0.3, -0.25) is 0 Å². The van der Waals surface area contributed by atoms with E-state index in [2.05, 4.69) is 19.7 Å². The number of benzene rings is 3. The van der Waals surface area contributed by atoms with Crippen LogP contribution in [0.5, 0.6) is 11.5 Å².